The summed E-state index contributed by atoms with van der Waals surface area (Å²) in [6.45, 7) is 1.96. The fourth-order valence-corrected chi connectivity index (χ4v) is 6.00. The number of rotatable bonds is 2. The Kier molecular flexibility index (Phi) is 3.26. The Hall–Kier alpha value is -1.46. The standard InChI is InChI=1S/C15H15NO2S2/c1-10-5-4-7-12(15(10)16)19-13-9-20(17,18)14-8-3-2-6-11(13)14/h2-8,13H,9,16H2,1H3. The monoisotopic (exact) mass is 305 g/mol. The predicted molar refractivity (Wildman–Crippen MR) is 82.7 cm³/mol. The van der Waals surface area contributed by atoms with Crippen LogP contribution in [0.2, 0.25) is 0 Å². The van der Waals surface area contributed by atoms with Gasteiger partial charge in [-0.25, -0.2) is 8.42 Å². The molecule has 0 saturated heterocycles. The van der Waals surface area contributed by atoms with E-state index in [0.29, 0.717) is 4.90 Å². The van der Waals surface area contributed by atoms with Gasteiger partial charge in [0.05, 0.1) is 15.9 Å². The molecule has 2 aromatic carbocycles. The van der Waals surface area contributed by atoms with Gasteiger partial charge in [-0.2, -0.15) is 0 Å². The molecular weight excluding hydrogens is 290 g/mol. The van der Waals surface area contributed by atoms with Gasteiger partial charge < -0.3 is 5.73 Å². The van der Waals surface area contributed by atoms with Crippen molar-refractivity contribution in [2.24, 2.45) is 0 Å². The van der Waals surface area contributed by atoms with Crippen molar-refractivity contribution >= 4 is 27.3 Å². The van der Waals surface area contributed by atoms with E-state index in [9.17, 15) is 8.42 Å². The number of hydrogen-bond donors (Lipinski definition) is 1. The molecule has 20 heavy (non-hydrogen) atoms. The van der Waals surface area contributed by atoms with Crippen LogP contribution in [0, 0.1) is 6.92 Å². The normalized spacial score (nSPS) is 19.8. The molecule has 0 aromatic heterocycles. The molecule has 2 aromatic rings. The zero-order chi connectivity index (χ0) is 14.3. The van der Waals surface area contributed by atoms with E-state index in [4.69, 9.17) is 5.73 Å². The van der Waals surface area contributed by atoms with Crippen molar-refractivity contribution in [3.05, 3.63) is 53.6 Å². The Morgan fingerprint density at radius 3 is 2.70 bits per heavy atom. The van der Waals surface area contributed by atoms with Crippen LogP contribution in [-0.4, -0.2) is 14.2 Å². The summed E-state index contributed by atoms with van der Waals surface area (Å²) in [6.07, 6.45) is 0. The number of nitrogens with two attached hydrogens (primary N) is 1. The molecular formula is C15H15NO2S2. The second-order valence-corrected chi connectivity index (χ2v) is 8.16. The molecule has 0 spiro atoms. The molecule has 0 amide bonds. The second kappa shape index (κ2) is 4.82. The van der Waals surface area contributed by atoms with Gasteiger partial charge in [0.15, 0.2) is 9.84 Å². The third-order valence-corrected chi connectivity index (χ3v) is 6.87. The number of para-hydroxylation sites is 1. The van der Waals surface area contributed by atoms with Gasteiger partial charge in [0.25, 0.3) is 0 Å². The highest BCUT2D eigenvalue weighted by atomic mass is 32.2. The lowest BCUT2D eigenvalue weighted by Gasteiger charge is -2.13. The Bertz CT molecular complexity index is 769. The van der Waals surface area contributed by atoms with Crippen molar-refractivity contribution in [1.29, 1.82) is 0 Å². The van der Waals surface area contributed by atoms with Gasteiger partial charge in [0.2, 0.25) is 0 Å². The maximum absolute atomic E-state index is 12.2. The van der Waals surface area contributed by atoms with Gasteiger partial charge in [-0.15, -0.1) is 11.8 Å². The molecule has 1 aliphatic rings. The van der Waals surface area contributed by atoms with E-state index < -0.39 is 9.84 Å². The first kappa shape index (κ1) is 13.5. The molecule has 5 heteroatoms. The van der Waals surface area contributed by atoms with E-state index in [1.165, 1.54) is 11.8 Å². The lowest BCUT2D eigenvalue weighted by atomic mass is 10.2. The predicted octanol–water partition coefficient (Wildman–Crippen LogP) is 3.20. The average Bonchev–Trinajstić information content (AvgIpc) is 2.67. The highest BCUT2D eigenvalue weighted by Gasteiger charge is 2.35. The van der Waals surface area contributed by atoms with Gasteiger partial charge in [0.1, 0.15) is 0 Å². The summed E-state index contributed by atoms with van der Waals surface area (Å²) in [7, 11) is -3.16. The number of nitrogen functional groups attached to an aromatic ring is 1. The van der Waals surface area contributed by atoms with Gasteiger partial charge in [-0.05, 0) is 30.2 Å². The molecule has 2 N–H and O–H groups in total. The summed E-state index contributed by atoms with van der Waals surface area (Å²) in [5, 5.41) is -0.0831. The van der Waals surface area contributed by atoms with Crippen molar-refractivity contribution < 1.29 is 8.42 Å². The van der Waals surface area contributed by atoms with Crippen LogP contribution in [0.15, 0.2) is 52.3 Å². The molecule has 3 nitrogen and oxygen atoms in total. The molecule has 0 fully saturated rings. The Balaban J connectivity index is 2.00. The van der Waals surface area contributed by atoms with Gasteiger partial charge in [0, 0.05) is 10.6 Å². The molecule has 0 radical (unpaired) electrons. The average molecular weight is 305 g/mol. The summed E-state index contributed by atoms with van der Waals surface area (Å²) >= 11 is 1.53. The summed E-state index contributed by atoms with van der Waals surface area (Å²) in [5.74, 6) is 0.143. The van der Waals surface area contributed by atoms with Crippen molar-refractivity contribution in [2.75, 3.05) is 11.5 Å². The van der Waals surface area contributed by atoms with Crippen molar-refractivity contribution in [2.45, 2.75) is 22.0 Å². The maximum Gasteiger partial charge on any atom is 0.180 e. The second-order valence-electron chi connectivity index (χ2n) is 4.91. The number of thioether (sulfide) groups is 1. The van der Waals surface area contributed by atoms with Crippen LogP contribution in [0.25, 0.3) is 0 Å². The summed E-state index contributed by atoms with van der Waals surface area (Å²) in [6, 6.07) is 13.1. The molecule has 0 saturated carbocycles. The fraction of sp³-hybridized carbons (Fsp3) is 0.200. The number of sulfone groups is 1. The van der Waals surface area contributed by atoms with Gasteiger partial charge in [-0.1, -0.05) is 30.3 Å². The van der Waals surface area contributed by atoms with E-state index >= 15 is 0 Å². The first-order valence-electron chi connectivity index (χ1n) is 6.32. The number of anilines is 1. The highest BCUT2D eigenvalue weighted by molar-refractivity contribution is 8.01. The molecule has 1 unspecified atom stereocenters. The number of benzene rings is 2. The summed E-state index contributed by atoms with van der Waals surface area (Å²) < 4.78 is 24.3. The molecule has 0 aliphatic carbocycles. The van der Waals surface area contributed by atoms with Crippen molar-refractivity contribution in [1.82, 2.24) is 0 Å². The Morgan fingerprint density at radius 1 is 1.15 bits per heavy atom. The van der Waals surface area contributed by atoms with Crippen LogP contribution in [0.4, 0.5) is 5.69 Å². The van der Waals surface area contributed by atoms with Crippen LogP contribution in [0.3, 0.4) is 0 Å². The number of fused-ring (bicyclic) bond motifs is 1. The highest BCUT2D eigenvalue weighted by Crippen LogP contribution is 2.46. The topological polar surface area (TPSA) is 60.2 Å². The molecule has 1 aliphatic heterocycles. The maximum atomic E-state index is 12.2. The van der Waals surface area contributed by atoms with Crippen molar-refractivity contribution in [3.8, 4) is 0 Å². The smallest absolute Gasteiger partial charge is 0.180 e. The Morgan fingerprint density at radius 2 is 1.90 bits per heavy atom. The molecule has 1 heterocycles. The van der Waals surface area contributed by atoms with Gasteiger partial charge >= 0.3 is 0 Å². The third-order valence-electron chi connectivity index (χ3n) is 3.53. The fourth-order valence-electron chi connectivity index (χ4n) is 2.42. The molecule has 0 bridgehead atoms. The largest absolute Gasteiger partial charge is 0.398 e. The van der Waals surface area contributed by atoms with E-state index in [1.807, 2.05) is 37.3 Å². The van der Waals surface area contributed by atoms with Crippen LogP contribution < -0.4 is 5.73 Å². The minimum Gasteiger partial charge on any atom is -0.398 e. The van der Waals surface area contributed by atoms with E-state index in [0.717, 1.165) is 21.7 Å². The Labute approximate surface area is 123 Å². The first-order chi connectivity index (χ1) is 9.49. The summed E-state index contributed by atoms with van der Waals surface area (Å²) in [4.78, 5) is 1.41. The lowest BCUT2D eigenvalue weighted by Crippen LogP contribution is -2.01. The van der Waals surface area contributed by atoms with E-state index in [2.05, 4.69) is 0 Å². The van der Waals surface area contributed by atoms with Crippen molar-refractivity contribution in [3.63, 3.8) is 0 Å². The SMILES string of the molecule is Cc1cccc(SC2CS(=O)(=O)c3ccccc32)c1N. The van der Waals surface area contributed by atoms with Crippen LogP contribution >= 0.6 is 11.8 Å². The zero-order valence-corrected chi connectivity index (χ0v) is 12.7. The first-order valence-corrected chi connectivity index (χ1v) is 8.85. The van der Waals surface area contributed by atoms with E-state index in [1.54, 1.807) is 12.1 Å². The van der Waals surface area contributed by atoms with Crippen LogP contribution in [0.1, 0.15) is 16.4 Å². The minimum atomic E-state index is -3.16. The van der Waals surface area contributed by atoms with E-state index in [-0.39, 0.29) is 11.0 Å². The van der Waals surface area contributed by atoms with Crippen LogP contribution in [-0.2, 0) is 9.84 Å². The number of aryl methyl sites for hydroxylation is 1. The summed E-state index contributed by atoms with van der Waals surface area (Å²) in [5.41, 5.74) is 8.72. The third kappa shape index (κ3) is 2.21. The minimum absolute atomic E-state index is 0.0831. The zero-order valence-electron chi connectivity index (χ0n) is 11.0. The molecule has 3 rings (SSSR count). The molecule has 104 valence electrons. The van der Waals surface area contributed by atoms with Crippen LogP contribution in [0.5, 0.6) is 0 Å². The number of hydrogen-bond acceptors (Lipinski definition) is 4. The van der Waals surface area contributed by atoms with Gasteiger partial charge in [-0.3, -0.25) is 0 Å². The molecule has 1 atom stereocenters. The quantitative estimate of drug-likeness (QED) is 0.866. The lowest BCUT2D eigenvalue weighted by molar-refractivity contribution is 0.600.